The molecule has 2 aromatic heterocycles. The summed E-state index contributed by atoms with van der Waals surface area (Å²) in [5.74, 6) is 0.739. The minimum Gasteiger partial charge on any atom is -0.497 e. The lowest BCUT2D eigenvalue weighted by Crippen LogP contribution is -2.41. The molecule has 0 aliphatic carbocycles. The van der Waals surface area contributed by atoms with E-state index in [4.69, 9.17) is 19.2 Å². The van der Waals surface area contributed by atoms with Gasteiger partial charge in [-0.25, -0.2) is 4.98 Å². The molecule has 1 saturated heterocycles. The Morgan fingerprint density at radius 2 is 2.11 bits per heavy atom. The molecule has 2 N–H and O–H groups in total. The molecule has 0 bridgehead atoms. The second-order valence-corrected chi connectivity index (χ2v) is 9.43. The van der Waals surface area contributed by atoms with E-state index >= 15 is 0 Å². The maximum atomic E-state index is 13.8. The molecule has 1 aromatic carbocycles. The zero-order valence-electron chi connectivity index (χ0n) is 20.4. The number of rotatable bonds is 7. The van der Waals surface area contributed by atoms with Crippen molar-refractivity contribution in [3.63, 3.8) is 0 Å². The first-order chi connectivity index (χ1) is 16.9. The van der Waals surface area contributed by atoms with Crippen LogP contribution in [0, 0.1) is 0 Å². The van der Waals surface area contributed by atoms with Crippen molar-refractivity contribution < 1.29 is 24.4 Å². The molecule has 3 unspecified atom stereocenters. The number of ether oxygens (including phenoxy) is 3. The summed E-state index contributed by atoms with van der Waals surface area (Å²) in [6.45, 7) is 4.33. The van der Waals surface area contributed by atoms with E-state index < -0.39 is 11.7 Å². The van der Waals surface area contributed by atoms with Gasteiger partial charge < -0.3 is 29.0 Å². The van der Waals surface area contributed by atoms with Crippen molar-refractivity contribution in [1.29, 1.82) is 0 Å². The summed E-state index contributed by atoms with van der Waals surface area (Å²) in [5, 5.41) is 23.0. The lowest BCUT2D eigenvalue weighted by atomic mass is 9.83. The van der Waals surface area contributed by atoms with E-state index in [2.05, 4.69) is 0 Å². The van der Waals surface area contributed by atoms with Gasteiger partial charge in [-0.3, -0.25) is 4.79 Å². The second kappa shape index (κ2) is 9.35. The summed E-state index contributed by atoms with van der Waals surface area (Å²) in [6, 6.07) is 9.49. The quantitative estimate of drug-likeness (QED) is 0.418. The van der Waals surface area contributed by atoms with Gasteiger partial charge in [-0.05, 0) is 68.5 Å². The molecule has 5 rings (SSSR count). The van der Waals surface area contributed by atoms with Gasteiger partial charge >= 0.3 is 0 Å². The third-order valence-electron chi connectivity index (χ3n) is 7.32. The van der Waals surface area contributed by atoms with Gasteiger partial charge in [0.2, 0.25) is 0 Å². The number of nitrogens with zero attached hydrogens (tertiary/aromatic N) is 2. The van der Waals surface area contributed by atoms with Crippen LogP contribution >= 0.6 is 0 Å². The minimum atomic E-state index is -1.60. The maximum Gasteiger partial charge on any atom is 0.257 e. The van der Waals surface area contributed by atoms with E-state index in [-0.39, 0.29) is 24.9 Å². The highest BCUT2D eigenvalue weighted by atomic mass is 16.7. The molecular formula is C27H32N2O6. The fraction of sp³-hybridized carbons (Fsp3) is 0.481. The van der Waals surface area contributed by atoms with Crippen molar-refractivity contribution in [2.45, 2.75) is 70.7 Å². The zero-order valence-corrected chi connectivity index (χ0v) is 20.4. The van der Waals surface area contributed by atoms with Crippen LogP contribution in [-0.4, -0.2) is 45.9 Å². The van der Waals surface area contributed by atoms with Crippen LogP contribution in [0.15, 0.2) is 35.1 Å². The highest BCUT2D eigenvalue weighted by Crippen LogP contribution is 2.38. The van der Waals surface area contributed by atoms with E-state index in [1.807, 2.05) is 24.3 Å². The molecule has 0 amide bonds. The molecule has 0 radical (unpaired) electrons. The molecule has 0 spiro atoms. The normalized spacial score (nSPS) is 19.7. The third-order valence-corrected chi connectivity index (χ3v) is 7.32. The monoisotopic (exact) mass is 480 g/mol. The molecule has 8 heteroatoms. The Labute approximate surface area is 204 Å². The fourth-order valence-corrected chi connectivity index (χ4v) is 5.14. The fourth-order valence-electron chi connectivity index (χ4n) is 5.14. The van der Waals surface area contributed by atoms with E-state index in [1.54, 1.807) is 24.7 Å². The molecule has 2 aliphatic rings. The number of aromatic nitrogens is 2. The number of aliphatic hydroxyl groups is 2. The highest BCUT2D eigenvalue weighted by Gasteiger charge is 2.38. The standard InChI is InChI=1S/C27H32N2O6/c1-4-27(32,16(2)30)21-13-23-25-18(11-17-12-19(33-3)8-9-22(17)28-25)14-29(23)26(31)20(21)15-35-24-7-5-6-10-34-24/h8-9,11-13,16,24,30,32H,4-7,10,14-15H2,1-3H3. The maximum absolute atomic E-state index is 13.8. The Morgan fingerprint density at radius 1 is 1.29 bits per heavy atom. The van der Waals surface area contributed by atoms with E-state index in [0.717, 1.165) is 41.5 Å². The van der Waals surface area contributed by atoms with Crippen molar-refractivity contribution in [1.82, 2.24) is 9.55 Å². The lowest BCUT2D eigenvalue weighted by molar-refractivity contribution is -0.169. The number of aliphatic hydroxyl groups excluding tert-OH is 1. The van der Waals surface area contributed by atoms with Gasteiger partial charge in [0, 0.05) is 23.1 Å². The summed E-state index contributed by atoms with van der Waals surface area (Å²) in [4.78, 5) is 18.6. The van der Waals surface area contributed by atoms with Gasteiger partial charge in [-0.1, -0.05) is 6.92 Å². The predicted molar refractivity (Wildman–Crippen MR) is 131 cm³/mol. The van der Waals surface area contributed by atoms with Crippen LogP contribution in [0.5, 0.6) is 5.75 Å². The Morgan fingerprint density at radius 3 is 2.80 bits per heavy atom. The number of hydrogen-bond acceptors (Lipinski definition) is 7. The number of methoxy groups -OCH3 is 1. The molecular weight excluding hydrogens is 448 g/mol. The molecule has 2 aliphatic heterocycles. The molecule has 0 saturated carbocycles. The van der Waals surface area contributed by atoms with Gasteiger partial charge in [0.1, 0.15) is 11.4 Å². The summed E-state index contributed by atoms with van der Waals surface area (Å²) in [6.07, 6.45) is 1.54. The number of pyridine rings is 2. The van der Waals surface area contributed by atoms with Gasteiger partial charge in [-0.2, -0.15) is 0 Å². The van der Waals surface area contributed by atoms with Gasteiger partial charge in [-0.15, -0.1) is 0 Å². The molecule has 8 nitrogen and oxygen atoms in total. The molecule has 1 fully saturated rings. The summed E-state index contributed by atoms with van der Waals surface area (Å²) >= 11 is 0. The summed E-state index contributed by atoms with van der Waals surface area (Å²) in [7, 11) is 1.62. The van der Waals surface area contributed by atoms with Crippen LogP contribution in [0.1, 0.15) is 56.2 Å². The van der Waals surface area contributed by atoms with Crippen molar-refractivity contribution in [2.75, 3.05) is 13.7 Å². The largest absolute Gasteiger partial charge is 0.497 e. The first kappa shape index (κ1) is 23.9. The van der Waals surface area contributed by atoms with Gasteiger partial charge in [0.25, 0.3) is 5.56 Å². The van der Waals surface area contributed by atoms with Crippen LogP contribution in [0.4, 0.5) is 0 Å². The third kappa shape index (κ3) is 4.14. The molecule has 186 valence electrons. The predicted octanol–water partition coefficient (Wildman–Crippen LogP) is 3.46. The first-order valence-electron chi connectivity index (χ1n) is 12.2. The smallest absolute Gasteiger partial charge is 0.257 e. The SMILES string of the molecule is CCC(O)(c1cc2n(c(=O)c1COC1CCCCO1)Cc1cc3cc(OC)ccc3nc1-2)C(C)O. The molecule has 4 heterocycles. The number of hydrogen-bond donors (Lipinski definition) is 2. The van der Waals surface area contributed by atoms with Crippen molar-refractivity contribution in [3.05, 3.63) is 57.4 Å². The van der Waals surface area contributed by atoms with E-state index in [9.17, 15) is 15.0 Å². The zero-order chi connectivity index (χ0) is 24.7. The van der Waals surface area contributed by atoms with Crippen LogP contribution in [-0.2, 0) is 28.2 Å². The van der Waals surface area contributed by atoms with Crippen LogP contribution in [0.2, 0.25) is 0 Å². The Hall–Kier alpha value is -2.78. The van der Waals surface area contributed by atoms with Crippen LogP contribution in [0.25, 0.3) is 22.3 Å². The van der Waals surface area contributed by atoms with Gasteiger partial charge in [0.05, 0.1) is 43.3 Å². The number of fused-ring (bicyclic) bond motifs is 4. The topological polar surface area (TPSA) is 103 Å². The van der Waals surface area contributed by atoms with Crippen LogP contribution in [0.3, 0.4) is 0 Å². The van der Waals surface area contributed by atoms with E-state index in [1.165, 1.54) is 6.92 Å². The first-order valence-corrected chi connectivity index (χ1v) is 12.2. The van der Waals surface area contributed by atoms with Crippen molar-refractivity contribution in [3.8, 4) is 17.1 Å². The molecule has 3 aromatic rings. The van der Waals surface area contributed by atoms with Crippen LogP contribution < -0.4 is 10.3 Å². The Kier molecular flexibility index (Phi) is 6.40. The average Bonchev–Trinajstić information content (AvgIpc) is 3.24. The highest BCUT2D eigenvalue weighted by molar-refractivity contribution is 5.85. The molecule has 3 atom stereocenters. The summed E-state index contributed by atoms with van der Waals surface area (Å²) < 4.78 is 18.7. The Bertz CT molecular complexity index is 1310. The molecule has 35 heavy (non-hydrogen) atoms. The average molecular weight is 481 g/mol. The number of benzene rings is 1. The summed E-state index contributed by atoms with van der Waals surface area (Å²) in [5.41, 5.74) is 1.90. The van der Waals surface area contributed by atoms with Gasteiger partial charge in [0.15, 0.2) is 6.29 Å². The lowest BCUT2D eigenvalue weighted by Gasteiger charge is -2.33. The van der Waals surface area contributed by atoms with Crippen molar-refractivity contribution in [2.24, 2.45) is 0 Å². The minimum absolute atomic E-state index is 0.00289. The van der Waals surface area contributed by atoms with E-state index in [0.29, 0.717) is 35.7 Å². The Balaban J connectivity index is 1.63. The second-order valence-electron chi connectivity index (χ2n) is 9.43. The van der Waals surface area contributed by atoms with Crippen molar-refractivity contribution >= 4 is 10.9 Å².